The Labute approximate surface area is 134 Å². The Bertz CT molecular complexity index is 485. The fraction of sp³-hybridized carbons (Fsp3) is 0.625. The predicted molar refractivity (Wildman–Crippen MR) is 83.2 cm³/mol. The van der Waals surface area contributed by atoms with Crippen molar-refractivity contribution >= 4 is 11.6 Å². The van der Waals surface area contributed by atoms with Crippen LogP contribution in [0.5, 0.6) is 0 Å². The van der Waals surface area contributed by atoms with Gasteiger partial charge in [0, 0.05) is 32.2 Å². The van der Waals surface area contributed by atoms with Crippen LogP contribution in [0.15, 0.2) is 18.2 Å². The lowest BCUT2D eigenvalue weighted by Crippen LogP contribution is -2.45. The molecule has 1 aliphatic rings. The molecule has 1 heterocycles. The maximum Gasteiger partial charge on any atom is 0.417 e. The minimum absolute atomic E-state index is 0.0282. The number of alkyl halides is 3. The molecule has 1 fully saturated rings. The molecule has 0 aliphatic carbocycles. The third-order valence-electron chi connectivity index (χ3n) is 4.10. The average molecular weight is 335 g/mol. The van der Waals surface area contributed by atoms with Gasteiger partial charge in [-0.15, -0.1) is 0 Å². The molecule has 0 spiro atoms. The molecular formula is C16H22ClF3N2. The number of piperazine rings is 1. The summed E-state index contributed by atoms with van der Waals surface area (Å²) in [5.41, 5.74) is -0.0182. The van der Waals surface area contributed by atoms with Crippen LogP contribution in [0.25, 0.3) is 0 Å². The Morgan fingerprint density at radius 3 is 2.55 bits per heavy atom. The number of nitrogens with one attached hydrogen (secondary N) is 1. The van der Waals surface area contributed by atoms with E-state index in [-0.39, 0.29) is 11.1 Å². The zero-order valence-electron chi connectivity index (χ0n) is 12.7. The van der Waals surface area contributed by atoms with Crippen LogP contribution in [-0.4, -0.2) is 31.1 Å². The highest BCUT2D eigenvalue weighted by Gasteiger charge is 2.34. The first-order valence-corrected chi connectivity index (χ1v) is 8.12. The van der Waals surface area contributed by atoms with Gasteiger partial charge in [-0.3, -0.25) is 4.90 Å². The van der Waals surface area contributed by atoms with Crippen molar-refractivity contribution in [3.63, 3.8) is 0 Å². The van der Waals surface area contributed by atoms with Gasteiger partial charge >= 0.3 is 6.18 Å². The van der Waals surface area contributed by atoms with E-state index in [0.29, 0.717) is 5.56 Å². The highest BCUT2D eigenvalue weighted by molar-refractivity contribution is 6.31. The summed E-state index contributed by atoms with van der Waals surface area (Å²) >= 11 is 5.73. The van der Waals surface area contributed by atoms with Crippen LogP contribution < -0.4 is 5.32 Å². The van der Waals surface area contributed by atoms with E-state index in [0.717, 1.165) is 45.4 Å². The summed E-state index contributed by atoms with van der Waals surface area (Å²) in [6.07, 6.45) is -1.51. The Morgan fingerprint density at radius 2 is 1.95 bits per heavy atom. The van der Waals surface area contributed by atoms with Gasteiger partial charge in [0.1, 0.15) is 0 Å². The minimum atomic E-state index is -4.41. The topological polar surface area (TPSA) is 15.3 Å². The van der Waals surface area contributed by atoms with Gasteiger partial charge in [0.15, 0.2) is 0 Å². The number of nitrogens with zero attached hydrogens (tertiary/aromatic N) is 1. The summed E-state index contributed by atoms with van der Waals surface area (Å²) in [5.74, 6) is 0. The molecule has 0 aromatic heterocycles. The molecule has 0 unspecified atom stereocenters. The maximum atomic E-state index is 13.1. The van der Waals surface area contributed by atoms with E-state index in [1.807, 2.05) is 0 Å². The van der Waals surface area contributed by atoms with E-state index < -0.39 is 11.7 Å². The second kappa shape index (κ2) is 7.66. The third kappa shape index (κ3) is 4.37. The second-order valence-electron chi connectivity index (χ2n) is 5.68. The van der Waals surface area contributed by atoms with Crippen molar-refractivity contribution in [3.05, 3.63) is 34.3 Å². The molecule has 22 heavy (non-hydrogen) atoms. The molecule has 2 nitrogen and oxygen atoms in total. The molecule has 1 aliphatic heterocycles. The van der Waals surface area contributed by atoms with Gasteiger partial charge in [-0.2, -0.15) is 13.2 Å². The first-order chi connectivity index (χ1) is 10.4. The number of halogens is 4. The quantitative estimate of drug-likeness (QED) is 0.853. The zero-order chi connectivity index (χ0) is 16.2. The lowest BCUT2D eigenvalue weighted by Gasteiger charge is -2.35. The van der Waals surface area contributed by atoms with E-state index in [4.69, 9.17) is 11.6 Å². The number of unbranched alkanes of at least 4 members (excludes halogenated alkanes) is 1. The molecule has 2 rings (SSSR count). The van der Waals surface area contributed by atoms with Gasteiger partial charge in [-0.1, -0.05) is 37.4 Å². The van der Waals surface area contributed by atoms with Crippen molar-refractivity contribution in [2.45, 2.75) is 38.4 Å². The van der Waals surface area contributed by atoms with E-state index >= 15 is 0 Å². The van der Waals surface area contributed by atoms with Crippen LogP contribution in [0, 0.1) is 0 Å². The highest BCUT2D eigenvalue weighted by atomic mass is 35.5. The van der Waals surface area contributed by atoms with Crippen LogP contribution in [0.2, 0.25) is 5.02 Å². The number of hydrogen-bond acceptors (Lipinski definition) is 2. The molecule has 0 radical (unpaired) electrons. The van der Waals surface area contributed by atoms with Crippen molar-refractivity contribution in [3.8, 4) is 0 Å². The summed E-state index contributed by atoms with van der Waals surface area (Å²) in [5, 5.41) is 3.05. The van der Waals surface area contributed by atoms with Crippen LogP contribution in [-0.2, 0) is 6.18 Å². The predicted octanol–water partition coefficient (Wildman–Crippen LogP) is 4.50. The van der Waals surface area contributed by atoms with E-state index in [2.05, 4.69) is 17.1 Å². The van der Waals surface area contributed by atoms with Gasteiger partial charge in [-0.25, -0.2) is 0 Å². The van der Waals surface area contributed by atoms with Crippen molar-refractivity contribution in [2.75, 3.05) is 26.2 Å². The highest BCUT2D eigenvalue weighted by Crippen LogP contribution is 2.37. The number of benzene rings is 1. The minimum Gasteiger partial charge on any atom is -0.314 e. The van der Waals surface area contributed by atoms with E-state index in [1.54, 1.807) is 6.07 Å². The summed E-state index contributed by atoms with van der Waals surface area (Å²) in [7, 11) is 0. The maximum absolute atomic E-state index is 13.1. The van der Waals surface area contributed by atoms with Gasteiger partial charge in [-0.05, 0) is 24.1 Å². The number of hydrogen-bond donors (Lipinski definition) is 1. The lowest BCUT2D eigenvalue weighted by atomic mass is 9.97. The Morgan fingerprint density at radius 1 is 1.27 bits per heavy atom. The monoisotopic (exact) mass is 334 g/mol. The Kier molecular flexibility index (Phi) is 6.12. The van der Waals surface area contributed by atoms with Crippen molar-refractivity contribution < 1.29 is 13.2 Å². The fourth-order valence-electron chi connectivity index (χ4n) is 2.92. The first-order valence-electron chi connectivity index (χ1n) is 7.75. The molecule has 1 atom stereocenters. The molecule has 1 N–H and O–H groups in total. The molecule has 6 heteroatoms. The fourth-order valence-corrected chi connectivity index (χ4v) is 3.14. The molecule has 124 valence electrons. The second-order valence-corrected chi connectivity index (χ2v) is 6.09. The molecule has 1 aromatic carbocycles. The van der Waals surface area contributed by atoms with E-state index in [1.165, 1.54) is 12.1 Å². The molecule has 0 bridgehead atoms. The first kappa shape index (κ1) is 17.6. The average Bonchev–Trinajstić information content (AvgIpc) is 2.49. The van der Waals surface area contributed by atoms with Crippen molar-refractivity contribution in [1.82, 2.24) is 10.2 Å². The van der Waals surface area contributed by atoms with Crippen molar-refractivity contribution in [2.24, 2.45) is 0 Å². The number of rotatable bonds is 5. The Hall–Kier alpha value is -0.780. The normalized spacial score (nSPS) is 18.4. The van der Waals surface area contributed by atoms with Crippen LogP contribution in [0.1, 0.15) is 43.4 Å². The molecule has 1 aromatic rings. The van der Waals surface area contributed by atoms with Gasteiger partial charge < -0.3 is 5.32 Å². The van der Waals surface area contributed by atoms with Crippen LogP contribution >= 0.6 is 11.6 Å². The van der Waals surface area contributed by atoms with Crippen LogP contribution in [0.4, 0.5) is 13.2 Å². The van der Waals surface area contributed by atoms with Gasteiger partial charge in [0.2, 0.25) is 0 Å². The largest absolute Gasteiger partial charge is 0.417 e. The summed E-state index contributed by atoms with van der Waals surface area (Å²) in [6.45, 7) is 5.57. The SMILES string of the molecule is CCCC[C@@H](c1ccc(Cl)c(C(F)(F)F)c1)N1CCNCC1. The summed E-state index contributed by atoms with van der Waals surface area (Å²) in [6, 6.07) is 4.37. The molecule has 1 saturated heterocycles. The Balaban J connectivity index is 2.30. The molecule has 0 amide bonds. The van der Waals surface area contributed by atoms with Crippen molar-refractivity contribution in [1.29, 1.82) is 0 Å². The smallest absolute Gasteiger partial charge is 0.314 e. The summed E-state index contributed by atoms with van der Waals surface area (Å²) < 4.78 is 39.2. The van der Waals surface area contributed by atoms with Gasteiger partial charge in [0.05, 0.1) is 10.6 Å². The standard InChI is InChI=1S/C16H22ClF3N2/c1-2-3-4-15(22-9-7-21-8-10-22)12-5-6-14(17)13(11-12)16(18,19)20/h5-6,11,15,21H,2-4,7-10H2,1H3/t15-/m0/s1. The molecule has 0 saturated carbocycles. The van der Waals surface area contributed by atoms with E-state index in [9.17, 15) is 13.2 Å². The summed E-state index contributed by atoms with van der Waals surface area (Å²) in [4.78, 5) is 2.27. The van der Waals surface area contributed by atoms with Gasteiger partial charge in [0.25, 0.3) is 0 Å². The third-order valence-corrected chi connectivity index (χ3v) is 4.43. The zero-order valence-corrected chi connectivity index (χ0v) is 13.5. The van der Waals surface area contributed by atoms with Crippen LogP contribution in [0.3, 0.4) is 0 Å². The lowest BCUT2D eigenvalue weighted by molar-refractivity contribution is -0.137. The molecular weight excluding hydrogens is 313 g/mol.